The Hall–Kier alpha value is -0.480. The van der Waals surface area contributed by atoms with Crippen molar-refractivity contribution in [2.45, 2.75) is 73.8 Å². The summed E-state index contributed by atoms with van der Waals surface area (Å²) in [5, 5.41) is 1.69. The predicted octanol–water partition coefficient (Wildman–Crippen LogP) is 3.35. The molecule has 0 saturated heterocycles. The van der Waals surface area contributed by atoms with Crippen molar-refractivity contribution < 1.29 is 35.7 Å². The molecule has 158 valence electrons. The van der Waals surface area contributed by atoms with E-state index in [4.69, 9.17) is 17.7 Å². The average Bonchev–Trinajstić information content (AvgIpc) is 3.22. The lowest BCUT2D eigenvalue weighted by Crippen LogP contribution is -2.41. The Kier molecular flexibility index (Phi) is 7.89. The van der Waals surface area contributed by atoms with Gasteiger partial charge >= 0.3 is 11.5 Å². The fourth-order valence-electron chi connectivity index (χ4n) is 4.59. The van der Waals surface area contributed by atoms with Gasteiger partial charge in [-0.3, -0.25) is 0 Å². The minimum atomic E-state index is -6.09. The molecule has 5 nitrogen and oxygen atoms in total. The van der Waals surface area contributed by atoms with Crippen molar-refractivity contribution in [3.05, 3.63) is 0 Å². The summed E-state index contributed by atoms with van der Waals surface area (Å²) in [5.41, 5.74) is -5.65. The predicted molar refractivity (Wildman–Crippen MR) is 96.1 cm³/mol. The summed E-state index contributed by atoms with van der Waals surface area (Å²) in [7, 11) is -4.23. The van der Waals surface area contributed by atoms with Gasteiger partial charge in [-0.1, -0.05) is 6.42 Å². The van der Waals surface area contributed by atoms with Gasteiger partial charge in [-0.05, 0) is 57.3 Å². The number of methoxy groups -OCH3 is 1. The normalized spacial score (nSPS) is 29.7. The molecule has 2 bridgehead atoms. The molecule has 4 atom stereocenters. The van der Waals surface area contributed by atoms with Gasteiger partial charge in [0.05, 0.1) is 7.11 Å². The van der Waals surface area contributed by atoms with Crippen LogP contribution in [0.2, 0.25) is 0 Å². The molecule has 0 aliphatic heterocycles. The maximum absolute atomic E-state index is 11.8. The van der Waals surface area contributed by atoms with Crippen molar-refractivity contribution in [3.63, 3.8) is 0 Å². The van der Waals surface area contributed by atoms with Gasteiger partial charge in [-0.15, -0.1) is 0 Å². The van der Waals surface area contributed by atoms with Crippen LogP contribution < -0.4 is 0 Å². The third-order valence-electron chi connectivity index (χ3n) is 5.84. The fraction of sp³-hybridized carbons (Fsp3) is 0.941. The van der Waals surface area contributed by atoms with Crippen LogP contribution in [0.5, 0.6) is 0 Å². The van der Waals surface area contributed by atoms with E-state index >= 15 is 0 Å². The molecule has 0 amide bonds. The zero-order valence-electron chi connectivity index (χ0n) is 15.4. The Bertz CT molecular complexity index is 602. The highest BCUT2D eigenvalue weighted by atomic mass is 32.2. The molecule has 3 fully saturated rings. The van der Waals surface area contributed by atoms with E-state index in [2.05, 4.69) is 0 Å². The monoisotopic (exact) mass is 432 g/mol. The van der Waals surface area contributed by atoms with E-state index in [1.807, 2.05) is 0 Å². The maximum Gasteiger partial charge on any atom is 0.485 e. The maximum atomic E-state index is 11.8. The summed E-state index contributed by atoms with van der Waals surface area (Å²) in [4.78, 5) is 11.8. The van der Waals surface area contributed by atoms with Crippen molar-refractivity contribution in [2.75, 3.05) is 12.9 Å². The molecule has 3 aliphatic carbocycles. The number of carbonyl (C=O) groups excluding carboxylic acids is 1. The van der Waals surface area contributed by atoms with Crippen LogP contribution in [0.4, 0.5) is 13.2 Å². The van der Waals surface area contributed by atoms with Gasteiger partial charge in [0, 0.05) is 16.8 Å². The lowest BCUT2D eigenvalue weighted by molar-refractivity contribution is -0.137. The topological polar surface area (TPSA) is 83.5 Å². The van der Waals surface area contributed by atoms with E-state index in [0.717, 1.165) is 28.1 Å². The second-order valence-electron chi connectivity index (χ2n) is 7.56. The number of hydrogen-bond donors (Lipinski definition) is 0. The fourth-order valence-corrected chi connectivity index (χ4v) is 8.13. The Balaban J connectivity index is 0.000000279. The molecule has 3 aliphatic rings. The van der Waals surface area contributed by atoms with E-state index in [1.54, 1.807) is 7.11 Å². The largest absolute Gasteiger partial charge is 0.741 e. The minimum absolute atomic E-state index is 0.0386. The summed E-state index contributed by atoms with van der Waals surface area (Å²) in [6, 6.07) is 0. The van der Waals surface area contributed by atoms with Gasteiger partial charge in [0.15, 0.2) is 10.1 Å². The van der Waals surface area contributed by atoms with Crippen molar-refractivity contribution in [2.24, 2.45) is 11.8 Å². The summed E-state index contributed by atoms with van der Waals surface area (Å²) < 4.78 is 63.9. The molecule has 4 unspecified atom stereocenters. The summed E-state index contributed by atoms with van der Waals surface area (Å²) >= 11 is 0. The first kappa shape index (κ1) is 22.8. The molecule has 27 heavy (non-hydrogen) atoms. The first-order valence-electron chi connectivity index (χ1n) is 9.30. The number of hydrogen-bond acceptors (Lipinski definition) is 5. The van der Waals surface area contributed by atoms with Gasteiger partial charge < -0.3 is 9.29 Å². The first-order chi connectivity index (χ1) is 12.5. The number of esters is 1. The Morgan fingerprint density at radius 3 is 2.11 bits per heavy atom. The van der Waals surface area contributed by atoms with E-state index in [0.29, 0.717) is 10.9 Å². The number of carbonyl (C=O) groups is 1. The van der Waals surface area contributed by atoms with Gasteiger partial charge in [-0.25, -0.2) is 13.2 Å². The third kappa shape index (κ3) is 6.25. The van der Waals surface area contributed by atoms with Gasteiger partial charge in [-0.2, -0.15) is 13.2 Å². The van der Waals surface area contributed by atoms with Crippen LogP contribution in [0.3, 0.4) is 0 Å². The van der Waals surface area contributed by atoms with E-state index in [1.165, 1.54) is 57.8 Å². The number of ether oxygens (including phenoxy) is 1. The van der Waals surface area contributed by atoms with Gasteiger partial charge in [0.2, 0.25) is 5.75 Å². The standard InChI is InChI=1S/C16H27O2S.CHF3O3S/c1-18-16(17)11-19(14-5-3-2-4-6-14)15-10-12-7-8-13(15)9-12;2-1(3,4)8(5,6)7/h12-15H,2-11H2,1H3;(H,5,6,7)/q+1;/p-1. The van der Waals surface area contributed by atoms with E-state index in [9.17, 15) is 18.0 Å². The van der Waals surface area contributed by atoms with E-state index in [-0.39, 0.29) is 5.97 Å². The molecular formula is C17H27F3O5S2. The summed E-state index contributed by atoms with van der Waals surface area (Å²) in [5.74, 6) is 2.69. The highest BCUT2D eigenvalue weighted by Gasteiger charge is 2.52. The quantitative estimate of drug-likeness (QED) is 0.294. The molecule has 0 aromatic heterocycles. The first-order valence-corrected chi connectivity index (χ1v) is 12.2. The molecule has 10 heteroatoms. The molecule has 0 aromatic carbocycles. The van der Waals surface area contributed by atoms with Crippen LogP contribution in [-0.2, 0) is 30.5 Å². The second-order valence-corrected chi connectivity index (χ2v) is 11.4. The lowest BCUT2D eigenvalue weighted by atomic mass is 10.00. The van der Waals surface area contributed by atoms with Crippen molar-refractivity contribution in [1.29, 1.82) is 0 Å². The van der Waals surface area contributed by atoms with Crippen LogP contribution in [0.1, 0.15) is 57.8 Å². The van der Waals surface area contributed by atoms with Crippen LogP contribution >= 0.6 is 0 Å². The Labute approximate surface area is 161 Å². The highest BCUT2D eigenvalue weighted by molar-refractivity contribution is 7.98. The van der Waals surface area contributed by atoms with Crippen LogP contribution in [0.15, 0.2) is 0 Å². The second kappa shape index (κ2) is 9.35. The number of halogens is 3. The van der Waals surface area contributed by atoms with Crippen LogP contribution in [0.25, 0.3) is 0 Å². The Morgan fingerprint density at radius 1 is 1.11 bits per heavy atom. The van der Waals surface area contributed by atoms with Crippen LogP contribution in [0, 0.1) is 11.8 Å². The van der Waals surface area contributed by atoms with Crippen LogP contribution in [-0.4, -0.2) is 47.8 Å². The van der Waals surface area contributed by atoms with Gasteiger partial charge in [0.1, 0.15) is 10.5 Å². The van der Waals surface area contributed by atoms with Crippen molar-refractivity contribution >= 4 is 27.0 Å². The lowest BCUT2D eigenvalue weighted by Gasteiger charge is -2.30. The highest BCUT2D eigenvalue weighted by Crippen LogP contribution is 2.49. The number of rotatable bonds is 4. The third-order valence-corrected chi connectivity index (χ3v) is 9.66. The zero-order chi connectivity index (χ0) is 20.2. The average molecular weight is 433 g/mol. The summed E-state index contributed by atoms with van der Waals surface area (Å²) in [6.07, 6.45) is 12.7. The van der Waals surface area contributed by atoms with Gasteiger partial charge in [0.25, 0.3) is 0 Å². The molecule has 0 spiro atoms. The molecule has 0 N–H and O–H groups in total. The zero-order valence-corrected chi connectivity index (χ0v) is 17.0. The molecule has 3 rings (SSSR count). The molecule has 0 aromatic rings. The van der Waals surface area contributed by atoms with Crippen molar-refractivity contribution in [1.82, 2.24) is 0 Å². The van der Waals surface area contributed by atoms with E-state index < -0.39 is 15.6 Å². The molecule has 0 heterocycles. The molecular weight excluding hydrogens is 405 g/mol. The number of fused-ring (bicyclic) bond motifs is 2. The molecule has 3 saturated carbocycles. The molecule has 0 radical (unpaired) electrons. The Morgan fingerprint density at radius 2 is 1.70 bits per heavy atom. The smallest absolute Gasteiger partial charge is 0.485 e. The minimum Gasteiger partial charge on any atom is -0.741 e. The SMILES string of the molecule is COC(=O)C[S+](C1CCCCC1)C1CC2CCC1C2.O=S(=O)([O-])C(F)(F)F. The van der Waals surface area contributed by atoms with Crippen molar-refractivity contribution in [3.8, 4) is 0 Å². The summed E-state index contributed by atoms with van der Waals surface area (Å²) in [6.45, 7) is 0. The number of alkyl halides is 3.